The summed E-state index contributed by atoms with van der Waals surface area (Å²) in [4.78, 5) is 16.2. The molecule has 0 aliphatic rings. The lowest BCUT2D eigenvalue weighted by atomic mass is 10.2. The summed E-state index contributed by atoms with van der Waals surface area (Å²) in [5, 5.41) is 11.9. The van der Waals surface area contributed by atoms with Crippen molar-refractivity contribution in [2.75, 3.05) is 5.32 Å². The molecular formula is C15H14Cl2N6O. The summed E-state index contributed by atoms with van der Waals surface area (Å²) in [5.74, 6) is -0.0775. The molecule has 3 rings (SSSR count). The molecule has 0 bridgehead atoms. The van der Waals surface area contributed by atoms with Crippen LogP contribution in [0.25, 0.3) is 0 Å². The lowest BCUT2D eigenvalue weighted by molar-refractivity contribution is 0.102. The van der Waals surface area contributed by atoms with E-state index in [4.69, 9.17) is 23.2 Å². The standard InChI is InChI=1S/C15H14Cl2N6O/c1-2-22-8-11(6-19-22)14(24)20-15-18-9-23(21-15)7-10-3-4-12(16)13(17)5-10/h3-6,8-9H,2,7H2,1H3,(H,20,21,24). The maximum atomic E-state index is 12.1. The van der Waals surface area contributed by atoms with Gasteiger partial charge in [0, 0.05) is 12.7 Å². The van der Waals surface area contributed by atoms with E-state index in [-0.39, 0.29) is 11.9 Å². The summed E-state index contributed by atoms with van der Waals surface area (Å²) in [6, 6.07) is 5.35. The molecular weight excluding hydrogens is 351 g/mol. The third-order valence-corrected chi connectivity index (χ3v) is 4.05. The van der Waals surface area contributed by atoms with Crippen molar-refractivity contribution in [3.05, 3.63) is 58.1 Å². The molecule has 9 heteroatoms. The average Bonchev–Trinajstić information content (AvgIpc) is 3.20. The van der Waals surface area contributed by atoms with Crippen LogP contribution in [0.5, 0.6) is 0 Å². The van der Waals surface area contributed by atoms with Crippen LogP contribution in [0.15, 0.2) is 36.9 Å². The van der Waals surface area contributed by atoms with E-state index in [0.29, 0.717) is 28.7 Å². The number of amides is 1. The summed E-state index contributed by atoms with van der Waals surface area (Å²) in [7, 11) is 0. The van der Waals surface area contributed by atoms with Crippen molar-refractivity contribution in [3.63, 3.8) is 0 Å². The Morgan fingerprint density at radius 1 is 1.25 bits per heavy atom. The van der Waals surface area contributed by atoms with Crippen LogP contribution in [0.2, 0.25) is 10.0 Å². The molecule has 0 atom stereocenters. The topological polar surface area (TPSA) is 77.6 Å². The molecule has 1 N–H and O–H groups in total. The predicted molar refractivity (Wildman–Crippen MR) is 91.4 cm³/mol. The first-order valence-corrected chi connectivity index (χ1v) is 7.98. The van der Waals surface area contributed by atoms with E-state index in [9.17, 15) is 4.79 Å². The van der Waals surface area contributed by atoms with Crippen molar-refractivity contribution in [1.82, 2.24) is 24.5 Å². The Morgan fingerprint density at radius 3 is 2.79 bits per heavy atom. The number of rotatable bonds is 5. The number of nitrogens with zero attached hydrogens (tertiary/aromatic N) is 5. The monoisotopic (exact) mass is 364 g/mol. The molecule has 3 aromatic rings. The maximum absolute atomic E-state index is 12.1. The van der Waals surface area contributed by atoms with Crippen molar-refractivity contribution in [3.8, 4) is 0 Å². The lowest BCUT2D eigenvalue weighted by Gasteiger charge is -2.03. The third-order valence-electron chi connectivity index (χ3n) is 3.31. The number of anilines is 1. The van der Waals surface area contributed by atoms with E-state index in [0.717, 1.165) is 5.56 Å². The van der Waals surface area contributed by atoms with Crippen LogP contribution >= 0.6 is 23.2 Å². The molecule has 0 spiro atoms. The molecule has 1 amide bonds. The van der Waals surface area contributed by atoms with Crippen molar-refractivity contribution < 1.29 is 4.79 Å². The second-order valence-corrected chi connectivity index (χ2v) is 5.87. The summed E-state index contributed by atoms with van der Waals surface area (Å²) in [6.07, 6.45) is 4.71. The summed E-state index contributed by atoms with van der Waals surface area (Å²) >= 11 is 11.9. The van der Waals surface area contributed by atoms with Crippen molar-refractivity contribution in [2.24, 2.45) is 0 Å². The van der Waals surface area contributed by atoms with Gasteiger partial charge in [-0.05, 0) is 24.6 Å². The number of benzene rings is 1. The highest BCUT2D eigenvalue weighted by molar-refractivity contribution is 6.42. The number of aryl methyl sites for hydroxylation is 1. The fraction of sp³-hybridized carbons (Fsp3) is 0.200. The van der Waals surface area contributed by atoms with Crippen LogP contribution in [0.3, 0.4) is 0 Å². The van der Waals surface area contributed by atoms with Crippen LogP contribution in [0.1, 0.15) is 22.8 Å². The number of carbonyl (C=O) groups is 1. The highest BCUT2D eigenvalue weighted by Crippen LogP contribution is 2.22. The molecule has 1 aromatic carbocycles. The largest absolute Gasteiger partial charge is 0.289 e. The van der Waals surface area contributed by atoms with E-state index in [1.165, 1.54) is 12.5 Å². The molecule has 2 heterocycles. The van der Waals surface area contributed by atoms with E-state index < -0.39 is 0 Å². The first kappa shape index (κ1) is 16.5. The molecule has 7 nitrogen and oxygen atoms in total. The fourth-order valence-electron chi connectivity index (χ4n) is 2.08. The minimum atomic E-state index is -0.304. The van der Waals surface area contributed by atoms with Gasteiger partial charge in [-0.15, -0.1) is 5.10 Å². The molecule has 0 aliphatic heterocycles. The molecule has 0 aliphatic carbocycles. The normalized spacial score (nSPS) is 10.8. The van der Waals surface area contributed by atoms with Gasteiger partial charge < -0.3 is 0 Å². The molecule has 0 radical (unpaired) electrons. The number of aromatic nitrogens is 5. The van der Waals surface area contributed by atoms with Gasteiger partial charge in [0.1, 0.15) is 6.33 Å². The second kappa shape index (κ2) is 7.02. The molecule has 2 aromatic heterocycles. The van der Waals surface area contributed by atoms with Gasteiger partial charge in [-0.1, -0.05) is 29.3 Å². The van der Waals surface area contributed by atoms with E-state index in [1.807, 2.05) is 13.0 Å². The summed E-state index contributed by atoms with van der Waals surface area (Å²) in [5.41, 5.74) is 1.38. The first-order chi connectivity index (χ1) is 11.5. The Morgan fingerprint density at radius 2 is 2.08 bits per heavy atom. The molecule has 0 fully saturated rings. The van der Waals surface area contributed by atoms with Crippen molar-refractivity contribution in [2.45, 2.75) is 20.0 Å². The Hall–Kier alpha value is -2.38. The van der Waals surface area contributed by atoms with Gasteiger partial charge in [-0.2, -0.15) is 5.10 Å². The smallest absolute Gasteiger partial charge is 0.261 e. The first-order valence-electron chi connectivity index (χ1n) is 7.22. The maximum Gasteiger partial charge on any atom is 0.261 e. The van der Waals surface area contributed by atoms with Crippen LogP contribution < -0.4 is 5.32 Å². The van der Waals surface area contributed by atoms with Crippen LogP contribution in [0.4, 0.5) is 5.95 Å². The van der Waals surface area contributed by atoms with Gasteiger partial charge in [-0.3, -0.25) is 14.8 Å². The van der Waals surface area contributed by atoms with Gasteiger partial charge >= 0.3 is 0 Å². The second-order valence-electron chi connectivity index (χ2n) is 5.05. The molecule has 0 saturated heterocycles. The summed E-state index contributed by atoms with van der Waals surface area (Å²) in [6.45, 7) is 3.11. The minimum Gasteiger partial charge on any atom is -0.289 e. The zero-order chi connectivity index (χ0) is 17.1. The summed E-state index contributed by atoms with van der Waals surface area (Å²) < 4.78 is 3.27. The quantitative estimate of drug-likeness (QED) is 0.754. The molecule has 0 unspecified atom stereocenters. The number of nitrogens with one attached hydrogen (secondary N) is 1. The van der Waals surface area contributed by atoms with E-state index >= 15 is 0 Å². The van der Waals surface area contributed by atoms with Gasteiger partial charge in [0.25, 0.3) is 5.91 Å². The highest BCUT2D eigenvalue weighted by Gasteiger charge is 2.11. The van der Waals surface area contributed by atoms with Crippen molar-refractivity contribution in [1.29, 1.82) is 0 Å². The molecule has 24 heavy (non-hydrogen) atoms. The van der Waals surface area contributed by atoms with Gasteiger partial charge in [0.15, 0.2) is 0 Å². The zero-order valence-corrected chi connectivity index (χ0v) is 14.3. The van der Waals surface area contributed by atoms with Crippen LogP contribution in [0, 0.1) is 0 Å². The minimum absolute atomic E-state index is 0.226. The fourth-order valence-corrected chi connectivity index (χ4v) is 2.40. The Kier molecular flexibility index (Phi) is 4.82. The number of hydrogen-bond acceptors (Lipinski definition) is 4. The van der Waals surface area contributed by atoms with Gasteiger partial charge in [0.05, 0.1) is 28.4 Å². The molecule has 124 valence electrons. The van der Waals surface area contributed by atoms with E-state index in [1.54, 1.807) is 27.7 Å². The van der Waals surface area contributed by atoms with Crippen molar-refractivity contribution >= 4 is 35.1 Å². The highest BCUT2D eigenvalue weighted by atomic mass is 35.5. The Labute approximate surface area is 148 Å². The van der Waals surface area contributed by atoms with E-state index in [2.05, 4.69) is 20.5 Å². The number of carbonyl (C=O) groups excluding carboxylic acids is 1. The van der Waals surface area contributed by atoms with Crippen LogP contribution in [-0.4, -0.2) is 30.5 Å². The predicted octanol–water partition coefficient (Wildman–Crippen LogP) is 3.10. The number of halogens is 2. The van der Waals surface area contributed by atoms with Crippen LogP contribution in [-0.2, 0) is 13.1 Å². The zero-order valence-electron chi connectivity index (χ0n) is 12.8. The SMILES string of the molecule is CCn1cc(C(=O)Nc2ncn(Cc3ccc(Cl)c(Cl)c3)n2)cn1. The Bertz CT molecular complexity index is 872. The van der Waals surface area contributed by atoms with Gasteiger partial charge in [-0.25, -0.2) is 9.67 Å². The Balaban J connectivity index is 1.66. The lowest BCUT2D eigenvalue weighted by Crippen LogP contribution is -2.13. The molecule has 0 saturated carbocycles. The average molecular weight is 365 g/mol. The third kappa shape index (κ3) is 3.74. The van der Waals surface area contributed by atoms with Gasteiger partial charge in [0.2, 0.25) is 5.95 Å². The number of hydrogen-bond donors (Lipinski definition) is 1.